The van der Waals surface area contributed by atoms with E-state index >= 15 is 0 Å². The van der Waals surface area contributed by atoms with Gasteiger partial charge >= 0.3 is 5.97 Å². The van der Waals surface area contributed by atoms with Crippen LogP contribution in [0, 0.1) is 5.41 Å². The maximum Gasteiger partial charge on any atom is 0.356 e. The number of hydrogen-bond donors (Lipinski definition) is 2. The van der Waals surface area contributed by atoms with Crippen LogP contribution in [0.3, 0.4) is 0 Å². The molecule has 2 N–H and O–H groups in total. The van der Waals surface area contributed by atoms with Crippen LogP contribution in [0.15, 0.2) is 11.9 Å². The average molecular weight is 131 g/mol. The fourth-order valence-corrected chi connectivity index (χ4v) is 0.246. The molecule has 0 aliphatic rings. The second-order valence-electron chi connectivity index (χ2n) is 1.32. The normalized spacial score (nSPS) is 11.1. The van der Waals surface area contributed by atoms with E-state index in [0.29, 0.717) is 0 Å². The molecule has 50 valence electrons. The molecular formula is C5H6FNO2. The van der Waals surface area contributed by atoms with Crippen molar-refractivity contribution in [3.8, 4) is 0 Å². The van der Waals surface area contributed by atoms with E-state index in [0.717, 1.165) is 6.08 Å². The minimum Gasteiger partial charge on any atom is -0.476 e. The first-order chi connectivity index (χ1) is 4.09. The molecule has 0 unspecified atom stereocenters. The summed E-state index contributed by atoms with van der Waals surface area (Å²) >= 11 is 0. The molecule has 4 heteroatoms. The molecule has 0 bridgehead atoms. The smallest absolute Gasteiger partial charge is 0.356 e. The van der Waals surface area contributed by atoms with E-state index in [-0.39, 0.29) is 0 Å². The van der Waals surface area contributed by atoms with Crippen LogP contribution < -0.4 is 0 Å². The number of carboxylic acid groups (broad SMARTS) is 1. The molecule has 3 nitrogen and oxygen atoms in total. The summed E-state index contributed by atoms with van der Waals surface area (Å²) < 4.78 is 12.0. The molecule has 0 heterocycles. The van der Waals surface area contributed by atoms with Gasteiger partial charge in [-0.25, -0.2) is 9.18 Å². The largest absolute Gasteiger partial charge is 0.476 e. The molecule has 0 aromatic carbocycles. The third-order valence-corrected chi connectivity index (χ3v) is 0.706. The first-order valence-electron chi connectivity index (χ1n) is 2.23. The van der Waals surface area contributed by atoms with Crippen molar-refractivity contribution in [1.29, 1.82) is 5.41 Å². The predicted molar refractivity (Wildman–Crippen MR) is 30.2 cm³/mol. The van der Waals surface area contributed by atoms with Gasteiger partial charge in [0.05, 0.1) is 0 Å². The van der Waals surface area contributed by atoms with Crippen LogP contribution in [-0.2, 0) is 4.79 Å². The van der Waals surface area contributed by atoms with Gasteiger partial charge < -0.3 is 5.11 Å². The van der Waals surface area contributed by atoms with E-state index in [9.17, 15) is 9.18 Å². The number of carboxylic acids is 1. The lowest BCUT2D eigenvalue weighted by Crippen LogP contribution is -2.11. The highest BCUT2D eigenvalue weighted by Crippen LogP contribution is 1.96. The lowest BCUT2D eigenvalue weighted by Gasteiger charge is -1.89. The van der Waals surface area contributed by atoms with Crippen LogP contribution in [-0.4, -0.2) is 16.8 Å². The average Bonchev–Trinajstić information content (AvgIpc) is 1.84. The van der Waals surface area contributed by atoms with E-state index in [1.807, 2.05) is 0 Å². The zero-order valence-electron chi connectivity index (χ0n) is 4.81. The van der Waals surface area contributed by atoms with E-state index < -0.39 is 17.5 Å². The molecule has 0 rings (SSSR count). The minimum atomic E-state index is -1.55. The molecule has 0 saturated heterocycles. The highest BCUT2D eigenvalue weighted by Gasteiger charge is 2.10. The predicted octanol–water partition coefficient (Wildman–Crippen LogP) is 0.964. The second kappa shape index (κ2) is 2.96. The third-order valence-electron chi connectivity index (χ3n) is 0.706. The maximum absolute atomic E-state index is 12.0. The van der Waals surface area contributed by atoms with Gasteiger partial charge in [-0.3, -0.25) is 5.41 Å². The third kappa shape index (κ3) is 2.03. The number of nitrogens with one attached hydrogen (secondary N) is 1. The highest BCUT2D eigenvalue weighted by molar-refractivity contribution is 6.40. The summed E-state index contributed by atoms with van der Waals surface area (Å²) in [7, 11) is 0. The summed E-state index contributed by atoms with van der Waals surface area (Å²) in [5, 5.41) is 14.5. The van der Waals surface area contributed by atoms with Crippen molar-refractivity contribution in [1.82, 2.24) is 0 Å². The number of carbonyl (C=O) groups is 1. The number of allylic oxidation sites excluding steroid dienone is 1. The Hall–Kier alpha value is -1.19. The number of aliphatic carboxylic acids is 1. The molecule has 9 heavy (non-hydrogen) atoms. The Morgan fingerprint density at radius 3 is 2.33 bits per heavy atom. The van der Waals surface area contributed by atoms with Gasteiger partial charge in [0.15, 0.2) is 11.5 Å². The van der Waals surface area contributed by atoms with Gasteiger partial charge in [-0.05, 0) is 13.0 Å². The van der Waals surface area contributed by atoms with Crippen molar-refractivity contribution in [2.24, 2.45) is 0 Å². The maximum atomic E-state index is 12.0. The number of rotatable bonds is 2. The van der Waals surface area contributed by atoms with Gasteiger partial charge in [-0.1, -0.05) is 0 Å². The molecule has 0 saturated carbocycles. The van der Waals surface area contributed by atoms with Gasteiger partial charge in [0.1, 0.15) is 0 Å². The fourth-order valence-electron chi connectivity index (χ4n) is 0.246. The Labute approximate surface area is 51.3 Å². The van der Waals surface area contributed by atoms with Gasteiger partial charge in [0.25, 0.3) is 0 Å². The van der Waals surface area contributed by atoms with Crippen LogP contribution in [0.1, 0.15) is 6.92 Å². The first kappa shape index (κ1) is 7.81. The summed E-state index contributed by atoms with van der Waals surface area (Å²) in [6, 6.07) is 0. The number of hydrogen-bond acceptors (Lipinski definition) is 2. The number of halogens is 1. The lowest BCUT2D eigenvalue weighted by atomic mass is 10.3. The van der Waals surface area contributed by atoms with Crippen LogP contribution in [0.2, 0.25) is 0 Å². The Balaban J connectivity index is 4.23. The first-order valence-corrected chi connectivity index (χ1v) is 2.23. The molecule has 0 radical (unpaired) electrons. The Bertz CT molecular complexity index is 174. The fraction of sp³-hybridized carbons (Fsp3) is 0.200. The highest BCUT2D eigenvalue weighted by atomic mass is 19.1. The van der Waals surface area contributed by atoms with Crippen LogP contribution in [0.5, 0.6) is 0 Å². The summed E-state index contributed by atoms with van der Waals surface area (Å²) in [6.45, 7) is 1.33. The Kier molecular flexibility index (Phi) is 2.57. The zero-order chi connectivity index (χ0) is 7.44. The zero-order valence-corrected chi connectivity index (χ0v) is 4.81. The van der Waals surface area contributed by atoms with Crippen LogP contribution in [0.4, 0.5) is 4.39 Å². The van der Waals surface area contributed by atoms with Gasteiger partial charge in [-0.2, -0.15) is 0 Å². The van der Waals surface area contributed by atoms with E-state index in [1.165, 1.54) is 6.92 Å². The SMILES string of the molecule is CC=C(F)C(=N)C(=O)O. The summed E-state index contributed by atoms with van der Waals surface area (Å²) in [6.07, 6.45) is 0.927. The summed E-state index contributed by atoms with van der Waals surface area (Å²) in [4.78, 5) is 9.79. The van der Waals surface area contributed by atoms with Gasteiger partial charge in [-0.15, -0.1) is 0 Å². The van der Waals surface area contributed by atoms with E-state index in [2.05, 4.69) is 0 Å². The molecule has 0 amide bonds. The molecule has 0 aliphatic carbocycles. The van der Waals surface area contributed by atoms with Gasteiger partial charge in [0.2, 0.25) is 0 Å². The monoisotopic (exact) mass is 131 g/mol. The van der Waals surface area contributed by atoms with Crippen molar-refractivity contribution in [2.75, 3.05) is 0 Å². The van der Waals surface area contributed by atoms with Crippen molar-refractivity contribution in [3.63, 3.8) is 0 Å². The van der Waals surface area contributed by atoms with Crippen molar-refractivity contribution in [2.45, 2.75) is 6.92 Å². The topological polar surface area (TPSA) is 61.2 Å². The van der Waals surface area contributed by atoms with Crippen molar-refractivity contribution < 1.29 is 14.3 Å². The van der Waals surface area contributed by atoms with E-state index in [1.54, 1.807) is 0 Å². The standard InChI is InChI=1S/C5H6FNO2/c1-2-3(6)4(7)5(8)9/h2,7H,1H3,(H,8,9). The summed E-state index contributed by atoms with van der Waals surface area (Å²) in [5.41, 5.74) is -1.00. The quantitative estimate of drug-likeness (QED) is 0.548. The lowest BCUT2D eigenvalue weighted by molar-refractivity contribution is -0.129. The van der Waals surface area contributed by atoms with Gasteiger partial charge in [0, 0.05) is 0 Å². The molecule has 0 atom stereocenters. The molecule has 0 aromatic heterocycles. The molecule has 0 fully saturated rings. The summed E-state index contributed by atoms with van der Waals surface area (Å²) in [5.74, 6) is -2.56. The van der Waals surface area contributed by atoms with E-state index in [4.69, 9.17) is 10.5 Å². The molecule has 0 aromatic rings. The minimum absolute atomic E-state index is 0.927. The molecule has 0 aliphatic heterocycles. The molecule has 0 spiro atoms. The van der Waals surface area contributed by atoms with Crippen LogP contribution in [0.25, 0.3) is 0 Å². The second-order valence-corrected chi connectivity index (χ2v) is 1.32. The van der Waals surface area contributed by atoms with Crippen LogP contribution >= 0.6 is 0 Å². The van der Waals surface area contributed by atoms with Crippen molar-refractivity contribution in [3.05, 3.63) is 11.9 Å². The Morgan fingerprint density at radius 1 is 1.78 bits per heavy atom. The van der Waals surface area contributed by atoms with Crippen molar-refractivity contribution >= 4 is 11.7 Å². The Morgan fingerprint density at radius 2 is 2.22 bits per heavy atom. The molecular weight excluding hydrogens is 125 g/mol.